The Morgan fingerprint density at radius 1 is 1.26 bits per heavy atom. The largest absolute Gasteiger partial charge is 0.314 e. The molecule has 0 radical (unpaired) electrons. The van der Waals surface area contributed by atoms with Gasteiger partial charge < -0.3 is 5.32 Å². The van der Waals surface area contributed by atoms with Gasteiger partial charge >= 0.3 is 0 Å². The zero-order valence-corrected chi connectivity index (χ0v) is 12.9. The first-order valence-electron chi connectivity index (χ1n) is 6.15. The molecule has 1 N–H and O–H groups in total. The van der Waals surface area contributed by atoms with Crippen LogP contribution in [0.4, 0.5) is 8.78 Å². The highest BCUT2D eigenvalue weighted by Gasteiger charge is 2.25. The van der Waals surface area contributed by atoms with Gasteiger partial charge in [0.05, 0.1) is 0 Å². The van der Waals surface area contributed by atoms with Crippen molar-refractivity contribution in [3.8, 4) is 0 Å². The SMILES string of the molecule is Cl.FC(F)C[C@@H](c1cccc(Br)c1)N1CCNCC1. The summed E-state index contributed by atoms with van der Waals surface area (Å²) in [5.41, 5.74) is 0.964. The zero-order chi connectivity index (χ0) is 13.0. The monoisotopic (exact) mass is 354 g/mol. The predicted molar refractivity (Wildman–Crippen MR) is 79.2 cm³/mol. The minimum absolute atomic E-state index is 0. The molecule has 1 heterocycles. The molecule has 0 amide bonds. The second-order valence-electron chi connectivity index (χ2n) is 4.48. The number of piperazine rings is 1. The summed E-state index contributed by atoms with van der Waals surface area (Å²) in [5, 5.41) is 3.25. The average Bonchev–Trinajstić information content (AvgIpc) is 2.37. The fraction of sp³-hybridized carbons (Fsp3) is 0.538. The molecule has 108 valence electrons. The number of nitrogens with one attached hydrogen (secondary N) is 1. The zero-order valence-electron chi connectivity index (χ0n) is 10.5. The number of nitrogens with zero attached hydrogens (tertiary/aromatic N) is 1. The molecule has 19 heavy (non-hydrogen) atoms. The molecule has 6 heteroatoms. The minimum atomic E-state index is -2.27. The molecule has 1 saturated heterocycles. The van der Waals surface area contributed by atoms with Crippen LogP contribution >= 0.6 is 28.3 Å². The van der Waals surface area contributed by atoms with Gasteiger partial charge in [-0.1, -0.05) is 28.1 Å². The van der Waals surface area contributed by atoms with Crippen LogP contribution < -0.4 is 5.32 Å². The Labute approximate surface area is 127 Å². The van der Waals surface area contributed by atoms with Crippen molar-refractivity contribution in [3.63, 3.8) is 0 Å². The Morgan fingerprint density at radius 2 is 1.95 bits per heavy atom. The number of halogens is 4. The lowest BCUT2D eigenvalue weighted by Gasteiger charge is -2.35. The van der Waals surface area contributed by atoms with Gasteiger partial charge in [-0.15, -0.1) is 12.4 Å². The van der Waals surface area contributed by atoms with E-state index in [1.54, 1.807) is 0 Å². The summed E-state index contributed by atoms with van der Waals surface area (Å²) in [6, 6.07) is 7.50. The third-order valence-corrected chi connectivity index (χ3v) is 3.72. The maximum Gasteiger partial charge on any atom is 0.240 e. The summed E-state index contributed by atoms with van der Waals surface area (Å²) < 4.78 is 26.5. The van der Waals surface area contributed by atoms with Crippen molar-refractivity contribution >= 4 is 28.3 Å². The molecule has 2 rings (SSSR count). The van der Waals surface area contributed by atoms with E-state index in [0.717, 1.165) is 36.2 Å². The molecule has 1 aromatic carbocycles. The summed E-state index contributed by atoms with van der Waals surface area (Å²) >= 11 is 3.40. The number of alkyl halides is 2. The van der Waals surface area contributed by atoms with Crippen LogP contribution in [0.5, 0.6) is 0 Å². The lowest BCUT2D eigenvalue weighted by atomic mass is 10.0. The molecule has 0 saturated carbocycles. The number of rotatable bonds is 4. The van der Waals surface area contributed by atoms with Gasteiger partial charge in [-0.3, -0.25) is 4.90 Å². The van der Waals surface area contributed by atoms with Crippen LogP contribution in [-0.4, -0.2) is 37.5 Å². The Bertz CT molecular complexity index is 387. The lowest BCUT2D eigenvalue weighted by Crippen LogP contribution is -2.45. The summed E-state index contributed by atoms with van der Waals surface area (Å²) in [6.45, 7) is 3.38. The van der Waals surface area contributed by atoms with Gasteiger partial charge in [0.1, 0.15) is 0 Å². The Kier molecular flexibility index (Phi) is 7.21. The molecule has 1 atom stereocenters. The summed E-state index contributed by atoms with van der Waals surface area (Å²) in [5.74, 6) is 0. The predicted octanol–water partition coefficient (Wildman–Crippen LogP) is 3.47. The first-order chi connectivity index (χ1) is 8.66. The molecular weight excluding hydrogens is 338 g/mol. The van der Waals surface area contributed by atoms with Gasteiger partial charge in [-0.05, 0) is 17.7 Å². The van der Waals surface area contributed by atoms with E-state index < -0.39 is 6.43 Å². The van der Waals surface area contributed by atoms with Gasteiger partial charge in [0.25, 0.3) is 0 Å². The first kappa shape index (κ1) is 16.8. The van der Waals surface area contributed by atoms with Gasteiger partial charge in [0, 0.05) is 43.1 Å². The Hall–Kier alpha value is -0.230. The standard InChI is InChI=1S/C13H17BrF2N2.ClH/c14-11-3-1-2-10(8-11)12(9-13(15)16)18-6-4-17-5-7-18;/h1-3,8,12-13,17H,4-7,9H2;1H/t12-;/m0./s1. The molecule has 1 fully saturated rings. The maximum atomic E-state index is 12.8. The van der Waals surface area contributed by atoms with Crippen LogP contribution in [0.15, 0.2) is 28.7 Å². The van der Waals surface area contributed by atoms with E-state index in [4.69, 9.17) is 0 Å². The van der Waals surface area contributed by atoms with E-state index >= 15 is 0 Å². The van der Waals surface area contributed by atoms with E-state index in [9.17, 15) is 8.78 Å². The molecular formula is C13H18BrClF2N2. The molecule has 0 bridgehead atoms. The van der Waals surface area contributed by atoms with Crippen molar-refractivity contribution in [1.82, 2.24) is 10.2 Å². The van der Waals surface area contributed by atoms with Crippen molar-refractivity contribution in [2.75, 3.05) is 26.2 Å². The number of hydrogen-bond donors (Lipinski definition) is 1. The second-order valence-corrected chi connectivity index (χ2v) is 5.40. The van der Waals surface area contributed by atoms with Crippen molar-refractivity contribution in [1.29, 1.82) is 0 Å². The summed E-state index contributed by atoms with van der Waals surface area (Å²) in [7, 11) is 0. The topological polar surface area (TPSA) is 15.3 Å². The van der Waals surface area contributed by atoms with E-state index in [1.165, 1.54) is 0 Å². The van der Waals surface area contributed by atoms with Crippen LogP contribution in [0.2, 0.25) is 0 Å². The molecule has 0 unspecified atom stereocenters. The molecule has 1 aromatic rings. The highest BCUT2D eigenvalue weighted by atomic mass is 79.9. The molecule has 0 aromatic heterocycles. The fourth-order valence-electron chi connectivity index (χ4n) is 2.37. The summed E-state index contributed by atoms with van der Waals surface area (Å²) in [4.78, 5) is 2.14. The molecule has 1 aliphatic heterocycles. The number of hydrogen-bond acceptors (Lipinski definition) is 2. The van der Waals surface area contributed by atoms with Gasteiger partial charge in [0.2, 0.25) is 6.43 Å². The van der Waals surface area contributed by atoms with Crippen molar-refractivity contribution in [2.45, 2.75) is 18.9 Å². The quantitative estimate of drug-likeness (QED) is 0.889. The van der Waals surface area contributed by atoms with E-state index in [1.807, 2.05) is 24.3 Å². The van der Waals surface area contributed by atoms with Crippen LogP contribution in [0.25, 0.3) is 0 Å². The highest BCUT2D eigenvalue weighted by molar-refractivity contribution is 9.10. The minimum Gasteiger partial charge on any atom is -0.314 e. The third-order valence-electron chi connectivity index (χ3n) is 3.23. The third kappa shape index (κ3) is 4.99. The van der Waals surface area contributed by atoms with Gasteiger partial charge in [-0.2, -0.15) is 0 Å². The molecule has 2 nitrogen and oxygen atoms in total. The van der Waals surface area contributed by atoms with Crippen LogP contribution in [-0.2, 0) is 0 Å². The highest BCUT2D eigenvalue weighted by Crippen LogP contribution is 2.29. The lowest BCUT2D eigenvalue weighted by molar-refractivity contribution is 0.0739. The van der Waals surface area contributed by atoms with Crippen LogP contribution in [0, 0.1) is 0 Å². The van der Waals surface area contributed by atoms with Gasteiger partial charge in [0.15, 0.2) is 0 Å². The molecule has 0 aliphatic carbocycles. The van der Waals surface area contributed by atoms with Gasteiger partial charge in [-0.25, -0.2) is 8.78 Å². The maximum absolute atomic E-state index is 12.8. The van der Waals surface area contributed by atoms with E-state index in [-0.39, 0.29) is 24.9 Å². The van der Waals surface area contributed by atoms with Crippen molar-refractivity contribution in [3.05, 3.63) is 34.3 Å². The molecule has 1 aliphatic rings. The number of benzene rings is 1. The first-order valence-corrected chi connectivity index (χ1v) is 6.94. The normalized spacial score (nSPS) is 18.1. The van der Waals surface area contributed by atoms with E-state index in [0.29, 0.717) is 0 Å². The van der Waals surface area contributed by atoms with Crippen LogP contribution in [0.1, 0.15) is 18.0 Å². The average molecular weight is 356 g/mol. The Morgan fingerprint density at radius 3 is 2.53 bits per heavy atom. The Balaban J connectivity index is 0.00000180. The molecule has 0 spiro atoms. The van der Waals surface area contributed by atoms with Crippen molar-refractivity contribution in [2.24, 2.45) is 0 Å². The smallest absolute Gasteiger partial charge is 0.240 e. The van der Waals surface area contributed by atoms with Crippen molar-refractivity contribution < 1.29 is 8.78 Å². The van der Waals surface area contributed by atoms with Crippen LogP contribution in [0.3, 0.4) is 0 Å². The fourth-order valence-corrected chi connectivity index (χ4v) is 2.79. The second kappa shape index (κ2) is 8.15. The van der Waals surface area contributed by atoms with E-state index in [2.05, 4.69) is 26.1 Å². The summed E-state index contributed by atoms with van der Waals surface area (Å²) in [6.07, 6.45) is -2.37.